The third-order valence-corrected chi connectivity index (χ3v) is 2.90. The Bertz CT molecular complexity index is 289. The monoisotopic (exact) mass is 288 g/mol. The molecule has 4 heteroatoms. The van der Waals surface area contributed by atoms with Crippen LogP contribution in [0.15, 0.2) is 21.1 Å². The molecular weight excluding hydrogens is 283 g/mol. The molecule has 1 aromatic carbocycles. The van der Waals surface area contributed by atoms with Crippen molar-refractivity contribution in [1.29, 1.82) is 0 Å². The van der Waals surface area contributed by atoms with Gasteiger partial charge in [-0.15, -0.1) is 0 Å². The Labute approximate surface area is 90.2 Å². The van der Waals surface area contributed by atoms with Crippen molar-refractivity contribution in [2.75, 3.05) is 6.61 Å². The van der Waals surface area contributed by atoms with E-state index in [1.165, 1.54) is 0 Å². The molecule has 0 atom stereocenters. The summed E-state index contributed by atoms with van der Waals surface area (Å²) in [4.78, 5) is 0. The molecule has 1 aromatic rings. The number of ether oxygens (including phenoxy) is 1. The second kappa shape index (κ2) is 4.33. The molecule has 2 radical (unpaired) electrons. The van der Waals surface area contributed by atoms with Gasteiger partial charge in [0.1, 0.15) is 13.6 Å². The van der Waals surface area contributed by atoms with Crippen LogP contribution in [0.3, 0.4) is 0 Å². The van der Waals surface area contributed by atoms with Crippen LogP contribution in [0.25, 0.3) is 0 Å². The molecule has 0 heterocycles. The Balaban J connectivity index is 3.08. The highest BCUT2D eigenvalue weighted by Gasteiger charge is 2.05. The number of rotatable bonds is 2. The minimum absolute atomic E-state index is 0.639. The van der Waals surface area contributed by atoms with Crippen molar-refractivity contribution in [3.8, 4) is 5.75 Å². The van der Waals surface area contributed by atoms with E-state index in [9.17, 15) is 0 Å². The summed E-state index contributed by atoms with van der Waals surface area (Å²) in [5.41, 5.74) is 0.668. The summed E-state index contributed by atoms with van der Waals surface area (Å²) >= 11 is 6.67. The van der Waals surface area contributed by atoms with Gasteiger partial charge in [-0.1, -0.05) is 21.4 Å². The molecule has 0 aliphatic carbocycles. The quantitative estimate of drug-likeness (QED) is 0.760. The van der Waals surface area contributed by atoms with E-state index in [2.05, 4.69) is 31.9 Å². The van der Waals surface area contributed by atoms with Crippen LogP contribution in [0.5, 0.6) is 5.75 Å². The number of hydrogen-bond acceptors (Lipinski definition) is 1. The fourth-order valence-corrected chi connectivity index (χ4v) is 1.87. The molecule has 62 valence electrons. The first-order chi connectivity index (χ1) is 5.66. The van der Waals surface area contributed by atoms with Gasteiger partial charge in [-0.05, 0) is 35.0 Å². The van der Waals surface area contributed by atoms with Crippen LogP contribution in [-0.4, -0.2) is 14.5 Å². The van der Waals surface area contributed by atoms with Crippen LogP contribution >= 0.6 is 31.9 Å². The van der Waals surface area contributed by atoms with E-state index in [0.717, 1.165) is 14.7 Å². The molecule has 0 amide bonds. The van der Waals surface area contributed by atoms with Gasteiger partial charge in [-0.25, -0.2) is 0 Å². The van der Waals surface area contributed by atoms with Gasteiger partial charge < -0.3 is 4.74 Å². The fourth-order valence-electron chi connectivity index (χ4n) is 0.816. The normalized spacial score (nSPS) is 9.92. The number of halogens is 2. The van der Waals surface area contributed by atoms with E-state index in [0.29, 0.717) is 12.1 Å². The van der Waals surface area contributed by atoms with Crippen LogP contribution in [0, 0.1) is 0 Å². The molecule has 0 spiro atoms. The standard InChI is InChI=1S/C8H7BBr2O/c1-2-12-6-4-3-5(10)7(9)8(6)11/h3-4H,2H2,1H3. The molecule has 1 nitrogen and oxygen atoms in total. The maximum atomic E-state index is 5.74. The van der Waals surface area contributed by atoms with Crippen molar-refractivity contribution in [3.63, 3.8) is 0 Å². The summed E-state index contributed by atoms with van der Waals surface area (Å²) in [6, 6.07) is 3.74. The highest BCUT2D eigenvalue weighted by atomic mass is 79.9. The summed E-state index contributed by atoms with van der Waals surface area (Å²) in [7, 11) is 5.74. The summed E-state index contributed by atoms with van der Waals surface area (Å²) in [6.07, 6.45) is 0. The van der Waals surface area contributed by atoms with Crippen LogP contribution in [-0.2, 0) is 0 Å². The van der Waals surface area contributed by atoms with Crippen LogP contribution in [0.4, 0.5) is 0 Å². The third kappa shape index (κ3) is 2.05. The zero-order chi connectivity index (χ0) is 9.14. The van der Waals surface area contributed by atoms with Gasteiger partial charge in [0.2, 0.25) is 0 Å². The lowest BCUT2D eigenvalue weighted by atomic mass is 9.96. The lowest BCUT2D eigenvalue weighted by molar-refractivity contribution is 0.338. The van der Waals surface area contributed by atoms with E-state index in [4.69, 9.17) is 12.6 Å². The first-order valence-electron chi connectivity index (χ1n) is 3.53. The third-order valence-electron chi connectivity index (χ3n) is 1.39. The zero-order valence-corrected chi connectivity index (χ0v) is 9.78. The molecule has 0 aliphatic rings. The minimum atomic E-state index is 0.639. The van der Waals surface area contributed by atoms with E-state index >= 15 is 0 Å². The topological polar surface area (TPSA) is 9.23 Å². The Morgan fingerprint density at radius 3 is 2.67 bits per heavy atom. The van der Waals surface area contributed by atoms with Crippen molar-refractivity contribution in [2.45, 2.75) is 6.92 Å². The van der Waals surface area contributed by atoms with Crippen molar-refractivity contribution in [3.05, 3.63) is 21.1 Å². The Morgan fingerprint density at radius 2 is 2.08 bits per heavy atom. The minimum Gasteiger partial charge on any atom is -0.493 e. The lowest BCUT2D eigenvalue weighted by Gasteiger charge is -2.09. The van der Waals surface area contributed by atoms with Crippen LogP contribution in [0.1, 0.15) is 6.92 Å². The maximum absolute atomic E-state index is 5.74. The smallest absolute Gasteiger partial charge is 0.132 e. The summed E-state index contributed by atoms with van der Waals surface area (Å²) in [5.74, 6) is 0.776. The predicted octanol–water partition coefficient (Wildman–Crippen LogP) is 2.40. The largest absolute Gasteiger partial charge is 0.493 e. The molecule has 1 rings (SSSR count). The van der Waals surface area contributed by atoms with E-state index in [-0.39, 0.29) is 0 Å². The van der Waals surface area contributed by atoms with E-state index in [1.54, 1.807) is 0 Å². The maximum Gasteiger partial charge on any atom is 0.132 e. The van der Waals surface area contributed by atoms with E-state index in [1.807, 2.05) is 19.1 Å². The molecule has 0 N–H and O–H groups in total. The molecule has 0 aromatic heterocycles. The second-order valence-electron chi connectivity index (χ2n) is 2.21. The van der Waals surface area contributed by atoms with Crippen molar-refractivity contribution in [1.82, 2.24) is 0 Å². The average molecular weight is 290 g/mol. The Hall–Kier alpha value is 0.0449. The lowest BCUT2D eigenvalue weighted by Crippen LogP contribution is -2.08. The average Bonchev–Trinajstić information content (AvgIpc) is 2.07. The van der Waals surface area contributed by atoms with Crippen LogP contribution < -0.4 is 10.2 Å². The van der Waals surface area contributed by atoms with Gasteiger partial charge in [0.15, 0.2) is 0 Å². The molecule has 0 saturated carbocycles. The van der Waals surface area contributed by atoms with Crippen molar-refractivity contribution < 1.29 is 4.74 Å². The SMILES string of the molecule is [B]c1c(Br)ccc(OCC)c1Br. The summed E-state index contributed by atoms with van der Waals surface area (Å²) in [6.45, 7) is 2.57. The molecular formula is C8H7BBr2O. The summed E-state index contributed by atoms with van der Waals surface area (Å²) < 4.78 is 7.00. The van der Waals surface area contributed by atoms with Crippen molar-refractivity contribution >= 4 is 45.2 Å². The highest BCUT2D eigenvalue weighted by Crippen LogP contribution is 2.25. The first kappa shape index (κ1) is 10.1. The van der Waals surface area contributed by atoms with Gasteiger partial charge in [0.05, 0.1) is 11.1 Å². The molecule has 0 aliphatic heterocycles. The summed E-state index contributed by atoms with van der Waals surface area (Å²) in [5, 5.41) is 0. The van der Waals surface area contributed by atoms with Gasteiger partial charge in [0, 0.05) is 4.47 Å². The molecule has 0 fully saturated rings. The zero-order valence-electron chi connectivity index (χ0n) is 6.60. The van der Waals surface area contributed by atoms with Crippen LogP contribution in [0.2, 0.25) is 0 Å². The molecule has 0 bridgehead atoms. The number of hydrogen-bond donors (Lipinski definition) is 0. The highest BCUT2D eigenvalue weighted by molar-refractivity contribution is 9.11. The first-order valence-corrected chi connectivity index (χ1v) is 5.11. The molecule has 0 unspecified atom stereocenters. The predicted molar refractivity (Wildman–Crippen MR) is 58.4 cm³/mol. The van der Waals surface area contributed by atoms with Gasteiger partial charge in [0.25, 0.3) is 0 Å². The number of benzene rings is 1. The molecule has 0 saturated heterocycles. The van der Waals surface area contributed by atoms with Gasteiger partial charge in [-0.3, -0.25) is 0 Å². The van der Waals surface area contributed by atoms with Gasteiger partial charge in [-0.2, -0.15) is 0 Å². The van der Waals surface area contributed by atoms with E-state index < -0.39 is 0 Å². The van der Waals surface area contributed by atoms with Gasteiger partial charge >= 0.3 is 0 Å². The Kier molecular flexibility index (Phi) is 3.65. The second-order valence-corrected chi connectivity index (χ2v) is 3.85. The Morgan fingerprint density at radius 1 is 1.42 bits per heavy atom. The molecule has 12 heavy (non-hydrogen) atoms. The van der Waals surface area contributed by atoms with Crippen molar-refractivity contribution in [2.24, 2.45) is 0 Å². The fraction of sp³-hybridized carbons (Fsp3) is 0.250.